The molecule has 10 heteroatoms. The number of non-ortho nitro benzene ring substituents is 1. The van der Waals surface area contributed by atoms with E-state index in [1.807, 2.05) is 0 Å². The zero-order chi connectivity index (χ0) is 22.7. The van der Waals surface area contributed by atoms with Crippen molar-refractivity contribution in [3.63, 3.8) is 0 Å². The number of methoxy groups -OCH3 is 1. The van der Waals surface area contributed by atoms with Gasteiger partial charge in [-0.1, -0.05) is 0 Å². The van der Waals surface area contributed by atoms with Crippen molar-refractivity contribution in [3.8, 4) is 5.75 Å². The Morgan fingerprint density at radius 2 is 2.06 bits per heavy atom. The molecule has 0 fully saturated rings. The third kappa shape index (κ3) is 2.73. The lowest BCUT2D eigenvalue weighted by molar-refractivity contribution is -0.384. The first-order chi connectivity index (χ1) is 15.3. The summed E-state index contributed by atoms with van der Waals surface area (Å²) in [6.45, 7) is 2.03. The van der Waals surface area contributed by atoms with Gasteiger partial charge in [0, 0.05) is 41.2 Å². The van der Waals surface area contributed by atoms with Crippen molar-refractivity contribution in [2.24, 2.45) is 0 Å². The number of aromatic nitrogens is 1. The van der Waals surface area contributed by atoms with Crippen LogP contribution in [-0.2, 0) is 11.2 Å². The summed E-state index contributed by atoms with van der Waals surface area (Å²) in [4.78, 5) is 40.6. The summed E-state index contributed by atoms with van der Waals surface area (Å²) < 4.78 is 10.5. The molecule has 0 saturated carbocycles. The van der Waals surface area contributed by atoms with Crippen molar-refractivity contribution in [3.05, 3.63) is 63.0 Å². The third-order valence-corrected chi connectivity index (χ3v) is 5.76. The Balaban J connectivity index is 1.61. The van der Waals surface area contributed by atoms with Crippen molar-refractivity contribution in [2.45, 2.75) is 13.3 Å². The highest BCUT2D eigenvalue weighted by molar-refractivity contribution is 6.14. The molecular formula is C22H17N3O7. The Morgan fingerprint density at radius 3 is 2.78 bits per heavy atom. The second-order valence-corrected chi connectivity index (χ2v) is 7.56. The molecule has 1 amide bonds. The van der Waals surface area contributed by atoms with Crippen LogP contribution in [0.5, 0.6) is 5.75 Å². The third-order valence-electron chi connectivity index (χ3n) is 5.76. The molecule has 5 rings (SSSR count). The van der Waals surface area contributed by atoms with E-state index in [1.54, 1.807) is 6.92 Å². The molecule has 32 heavy (non-hydrogen) atoms. The van der Waals surface area contributed by atoms with E-state index >= 15 is 0 Å². The van der Waals surface area contributed by atoms with Crippen molar-refractivity contribution in [1.29, 1.82) is 0 Å². The molecule has 0 bridgehead atoms. The van der Waals surface area contributed by atoms with Gasteiger partial charge in [-0.15, -0.1) is 0 Å². The lowest BCUT2D eigenvalue weighted by Gasteiger charge is -2.16. The first-order valence-electron chi connectivity index (χ1n) is 9.75. The van der Waals surface area contributed by atoms with Gasteiger partial charge in [-0.25, -0.2) is 4.79 Å². The lowest BCUT2D eigenvalue weighted by Crippen LogP contribution is -2.28. The number of nitrogens with one attached hydrogen (secondary N) is 1. The number of benzene rings is 2. The molecule has 162 valence electrons. The number of amides is 1. The van der Waals surface area contributed by atoms with Gasteiger partial charge in [0.1, 0.15) is 11.3 Å². The Kier molecular flexibility index (Phi) is 4.19. The van der Waals surface area contributed by atoms with Crippen LogP contribution >= 0.6 is 0 Å². The fourth-order valence-electron chi connectivity index (χ4n) is 4.32. The number of hydrogen-bond acceptors (Lipinski definition) is 7. The number of furan rings is 1. The van der Waals surface area contributed by atoms with Gasteiger partial charge in [0.05, 0.1) is 28.8 Å². The van der Waals surface area contributed by atoms with Crippen molar-refractivity contribution in [1.82, 2.24) is 4.98 Å². The van der Waals surface area contributed by atoms with E-state index in [0.29, 0.717) is 51.8 Å². The minimum absolute atomic E-state index is 0.0198. The molecule has 0 radical (unpaired) electrons. The summed E-state index contributed by atoms with van der Waals surface area (Å²) in [7, 11) is 1.28. The number of aryl methyl sites for hydroxylation is 1. The maximum Gasteiger partial charge on any atom is 0.340 e. The van der Waals surface area contributed by atoms with Gasteiger partial charge < -0.3 is 24.1 Å². The molecule has 0 spiro atoms. The Hall–Kier alpha value is -4.34. The Labute approximate surface area is 180 Å². The number of phenols is 1. The first-order valence-corrected chi connectivity index (χ1v) is 9.75. The Bertz CT molecular complexity index is 1460. The maximum absolute atomic E-state index is 13.2. The summed E-state index contributed by atoms with van der Waals surface area (Å²) in [5.41, 5.74) is 2.74. The van der Waals surface area contributed by atoms with E-state index in [2.05, 4.69) is 4.98 Å². The number of anilines is 1. The number of rotatable bonds is 3. The van der Waals surface area contributed by atoms with Gasteiger partial charge >= 0.3 is 5.97 Å². The predicted molar refractivity (Wildman–Crippen MR) is 114 cm³/mol. The second kappa shape index (κ2) is 6.84. The number of nitro benzene ring substituents is 1. The van der Waals surface area contributed by atoms with Gasteiger partial charge in [0.2, 0.25) is 0 Å². The fraction of sp³-hybridized carbons (Fsp3) is 0.182. The first kappa shape index (κ1) is 19.6. The molecule has 2 aromatic carbocycles. The van der Waals surface area contributed by atoms with E-state index in [9.17, 15) is 24.8 Å². The molecule has 2 N–H and O–H groups in total. The van der Waals surface area contributed by atoms with Gasteiger partial charge in [-0.05, 0) is 31.0 Å². The fourth-order valence-corrected chi connectivity index (χ4v) is 4.32. The topological polar surface area (TPSA) is 139 Å². The zero-order valence-corrected chi connectivity index (χ0v) is 17.1. The van der Waals surface area contributed by atoms with Crippen LogP contribution in [0.4, 0.5) is 11.4 Å². The molecule has 0 aliphatic carbocycles. The predicted octanol–water partition coefficient (Wildman–Crippen LogP) is 3.83. The van der Waals surface area contributed by atoms with Crippen LogP contribution in [0.3, 0.4) is 0 Å². The van der Waals surface area contributed by atoms with Crippen molar-refractivity contribution in [2.75, 3.05) is 18.6 Å². The number of ether oxygens (including phenoxy) is 1. The monoisotopic (exact) mass is 435 g/mol. The van der Waals surface area contributed by atoms with E-state index in [4.69, 9.17) is 9.15 Å². The van der Waals surface area contributed by atoms with Crippen LogP contribution in [0.1, 0.15) is 32.2 Å². The van der Waals surface area contributed by atoms with E-state index in [-0.39, 0.29) is 17.2 Å². The molecule has 0 atom stereocenters. The van der Waals surface area contributed by atoms with Crippen LogP contribution < -0.4 is 4.90 Å². The second-order valence-electron chi connectivity index (χ2n) is 7.56. The minimum atomic E-state index is -0.537. The number of aromatic hydroxyl groups is 1. The highest BCUT2D eigenvalue weighted by atomic mass is 16.6. The molecule has 0 saturated heterocycles. The molecular weight excluding hydrogens is 418 g/mol. The molecule has 1 aliphatic rings. The number of aromatic amines is 1. The van der Waals surface area contributed by atoms with Gasteiger partial charge in [0.25, 0.3) is 11.6 Å². The number of carbonyl (C=O) groups is 2. The summed E-state index contributed by atoms with van der Waals surface area (Å²) >= 11 is 0. The number of hydrogen-bond donors (Lipinski definition) is 2. The molecule has 10 nitrogen and oxygen atoms in total. The lowest BCUT2D eigenvalue weighted by atomic mass is 10.0. The quantitative estimate of drug-likeness (QED) is 0.283. The molecule has 2 aromatic heterocycles. The SMILES string of the molecule is COC(=O)c1c(C)[nH]c2c(O)cc3c(c12)CCN3C(=O)c1cc2cc([N+](=O)[O-])ccc2o1. The highest BCUT2D eigenvalue weighted by Gasteiger charge is 2.33. The molecule has 0 unspecified atom stereocenters. The maximum atomic E-state index is 13.2. The van der Waals surface area contributed by atoms with Gasteiger partial charge in [-0.3, -0.25) is 14.9 Å². The van der Waals surface area contributed by atoms with Crippen LogP contribution in [-0.4, -0.2) is 40.5 Å². The number of phenolic OH excluding ortho intramolecular Hbond substituents is 1. The molecule has 1 aliphatic heterocycles. The average molecular weight is 435 g/mol. The standard InChI is InChI=1S/C22H17N3O7/c1-10-18(22(28)31-2)19-13-5-6-24(14(13)9-15(26)20(19)23-10)21(27)17-8-11-7-12(25(29)30)3-4-16(11)32-17/h3-4,7-9,23,26H,5-6H2,1-2H3. The minimum Gasteiger partial charge on any atom is -0.506 e. The van der Waals surface area contributed by atoms with Gasteiger partial charge in [-0.2, -0.15) is 0 Å². The largest absolute Gasteiger partial charge is 0.506 e. The van der Waals surface area contributed by atoms with Crippen molar-refractivity contribution >= 4 is 45.1 Å². The summed E-state index contributed by atoms with van der Waals surface area (Å²) in [5.74, 6) is -1.07. The number of carbonyl (C=O) groups excluding carboxylic acids is 2. The summed E-state index contributed by atoms with van der Waals surface area (Å²) in [5, 5.41) is 22.6. The zero-order valence-electron chi connectivity index (χ0n) is 17.1. The summed E-state index contributed by atoms with van der Waals surface area (Å²) in [6, 6.07) is 7.04. The normalized spacial score (nSPS) is 13.0. The van der Waals surface area contributed by atoms with Crippen LogP contribution in [0.15, 0.2) is 34.7 Å². The van der Waals surface area contributed by atoms with Crippen LogP contribution in [0.25, 0.3) is 21.9 Å². The number of nitrogens with zero attached hydrogens (tertiary/aromatic N) is 2. The smallest absolute Gasteiger partial charge is 0.340 e. The highest BCUT2D eigenvalue weighted by Crippen LogP contribution is 2.42. The van der Waals surface area contributed by atoms with E-state index < -0.39 is 16.8 Å². The molecule has 4 aromatic rings. The average Bonchev–Trinajstić information content (AvgIpc) is 3.46. The Morgan fingerprint density at radius 1 is 1.28 bits per heavy atom. The number of esters is 1. The van der Waals surface area contributed by atoms with E-state index in [0.717, 1.165) is 5.56 Å². The van der Waals surface area contributed by atoms with Crippen molar-refractivity contribution < 1.29 is 28.8 Å². The van der Waals surface area contributed by atoms with Crippen LogP contribution in [0, 0.1) is 17.0 Å². The number of H-pyrrole nitrogens is 1. The number of fused-ring (bicyclic) bond motifs is 4. The van der Waals surface area contributed by atoms with Crippen LogP contribution in [0.2, 0.25) is 0 Å². The summed E-state index contributed by atoms with van der Waals surface area (Å²) in [6.07, 6.45) is 0.463. The van der Waals surface area contributed by atoms with E-state index in [1.165, 1.54) is 42.3 Å². The number of nitro groups is 1. The molecule has 3 heterocycles. The van der Waals surface area contributed by atoms with Gasteiger partial charge in [0.15, 0.2) is 5.76 Å².